The highest BCUT2D eigenvalue weighted by Gasteiger charge is 2.29. The highest BCUT2D eigenvalue weighted by Crippen LogP contribution is 2.31. The predicted octanol–water partition coefficient (Wildman–Crippen LogP) is 3.59. The molecule has 2 aromatic rings. The second kappa shape index (κ2) is 11.4. The Morgan fingerprint density at radius 3 is 2.24 bits per heavy atom. The molecule has 1 atom stereocenters. The molecule has 0 unspecified atom stereocenters. The van der Waals surface area contributed by atoms with Crippen LogP contribution in [0.25, 0.3) is 0 Å². The van der Waals surface area contributed by atoms with E-state index in [9.17, 15) is 13.2 Å². The van der Waals surface area contributed by atoms with Gasteiger partial charge < -0.3 is 14.8 Å². The average Bonchev–Trinajstić information content (AvgIpc) is 2.75. The summed E-state index contributed by atoms with van der Waals surface area (Å²) < 4.78 is 39.6. The first-order chi connectivity index (χ1) is 15.5. The molecule has 0 bridgehead atoms. The molecule has 0 spiro atoms. The van der Waals surface area contributed by atoms with Gasteiger partial charge in [0.25, 0.3) is 0 Å². The summed E-state index contributed by atoms with van der Waals surface area (Å²) in [6, 6.07) is 10.7. The zero-order valence-electron chi connectivity index (χ0n) is 20.5. The minimum Gasteiger partial charge on any atom is -0.490 e. The van der Waals surface area contributed by atoms with E-state index in [0.29, 0.717) is 30.4 Å². The van der Waals surface area contributed by atoms with Gasteiger partial charge >= 0.3 is 10.2 Å². The second-order valence-electron chi connectivity index (χ2n) is 7.95. The van der Waals surface area contributed by atoms with Crippen LogP contribution in [0, 0.1) is 13.8 Å². The predicted molar refractivity (Wildman–Crippen MR) is 131 cm³/mol. The Bertz CT molecular complexity index is 1070. The van der Waals surface area contributed by atoms with E-state index in [2.05, 4.69) is 5.32 Å². The Kier molecular flexibility index (Phi) is 9.13. The number of hydrogen-bond acceptors (Lipinski definition) is 5. The molecule has 1 N–H and O–H groups in total. The Hall–Kier alpha value is -2.78. The van der Waals surface area contributed by atoms with Gasteiger partial charge in [-0.2, -0.15) is 12.7 Å². The van der Waals surface area contributed by atoms with E-state index in [0.717, 1.165) is 25.3 Å². The van der Waals surface area contributed by atoms with Gasteiger partial charge in [-0.1, -0.05) is 18.2 Å². The molecule has 0 aliphatic heterocycles. The number of carbonyl (C=O) groups excluding carboxylic acids is 1. The van der Waals surface area contributed by atoms with Gasteiger partial charge in [0.15, 0.2) is 11.5 Å². The summed E-state index contributed by atoms with van der Waals surface area (Å²) >= 11 is 0. The molecule has 33 heavy (non-hydrogen) atoms. The molecule has 0 fully saturated rings. The fourth-order valence-electron chi connectivity index (χ4n) is 3.31. The van der Waals surface area contributed by atoms with E-state index < -0.39 is 16.1 Å². The highest BCUT2D eigenvalue weighted by atomic mass is 32.2. The average molecular weight is 478 g/mol. The Morgan fingerprint density at radius 1 is 1.00 bits per heavy atom. The second-order valence-corrected chi connectivity index (χ2v) is 10.0. The number of benzene rings is 2. The van der Waals surface area contributed by atoms with Crippen LogP contribution in [0.2, 0.25) is 0 Å². The Labute approximate surface area is 197 Å². The monoisotopic (exact) mass is 477 g/mol. The lowest BCUT2D eigenvalue weighted by molar-refractivity contribution is -0.120. The van der Waals surface area contributed by atoms with Gasteiger partial charge in [0.05, 0.1) is 24.9 Å². The summed E-state index contributed by atoms with van der Waals surface area (Å²) in [6.45, 7) is 9.99. The quantitative estimate of drug-likeness (QED) is 0.534. The largest absolute Gasteiger partial charge is 0.490 e. The van der Waals surface area contributed by atoms with Crippen molar-refractivity contribution in [1.82, 2.24) is 9.62 Å². The molecule has 1 amide bonds. The van der Waals surface area contributed by atoms with Crippen LogP contribution in [-0.4, -0.2) is 52.5 Å². The van der Waals surface area contributed by atoms with Gasteiger partial charge in [0.2, 0.25) is 5.91 Å². The van der Waals surface area contributed by atoms with E-state index in [-0.39, 0.29) is 12.6 Å². The molecule has 0 aliphatic carbocycles. The van der Waals surface area contributed by atoms with Crippen molar-refractivity contribution in [3.8, 4) is 11.5 Å². The zero-order chi connectivity index (χ0) is 24.8. The number of amides is 1. The molecule has 0 aromatic heterocycles. The maximum atomic E-state index is 13.0. The van der Waals surface area contributed by atoms with E-state index in [1.54, 1.807) is 6.07 Å². The van der Waals surface area contributed by atoms with E-state index >= 15 is 0 Å². The molecule has 2 aromatic carbocycles. The van der Waals surface area contributed by atoms with Gasteiger partial charge in [-0.25, -0.2) is 4.31 Å². The summed E-state index contributed by atoms with van der Waals surface area (Å²) in [7, 11) is -0.988. The molecular weight excluding hydrogens is 442 g/mol. The molecular formula is C24H35N3O5S. The van der Waals surface area contributed by atoms with Crippen LogP contribution in [0.4, 0.5) is 5.69 Å². The number of nitrogens with one attached hydrogen (secondary N) is 1. The molecule has 8 nitrogen and oxygen atoms in total. The van der Waals surface area contributed by atoms with Crippen molar-refractivity contribution in [3.05, 3.63) is 53.1 Å². The van der Waals surface area contributed by atoms with Crippen LogP contribution in [0.1, 0.15) is 43.5 Å². The fraction of sp³-hybridized carbons (Fsp3) is 0.458. The van der Waals surface area contributed by atoms with Crippen molar-refractivity contribution in [3.63, 3.8) is 0 Å². The maximum absolute atomic E-state index is 13.0. The number of aryl methyl sites for hydroxylation is 2. The van der Waals surface area contributed by atoms with Gasteiger partial charge in [-0.3, -0.25) is 4.79 Å². The third-order valence-electron chi connectivity index (χ3n) is 5.11. The first kappa shape index (κ1) is 26.5. The smallest absolute Gasteiger partial charge is 0.304 e. The van der Waals surface area contributed by atoms with Gasteiger partial charge in [-0.15, -0.1) is 0 Å². The molecule has 2 rings (SSSR count). The number of rotatable bonds is 11. The summed E-state index contributed by atoms with van der Waals surface area (Å²) in [5.41, 5.74) is 2.97. The SMILES string of the molecule is CCOc1ccc([C@H](C)NC(=O)CN(c2cc(C)ccc2C)S(=O)(=O)N(C)C)cc1OCC. The third kappa shape index (κ3) is 6.61. The highest BCUT2D eigenvalue weighted by molar-refractivity contribution is 7.90. The van der Waals surface area contributed by atoms with Crippen molar-refractivity contribution in [2.75, 3.05) is 38.2 Å². The number of hydrogen-bond donors (Lipinski definition) is 1. The van der Waals surface area contributed by atoms with Gasteiger partial charge in [0, 0.05) is 14.1 Å². The number of anilines is 1. The van der Waals surface area contributed by atoms with E-state index in [4.69, 9.17) is 9.47 Å². The lowest BCUT2D eigenvalue weighted by atomic mass is 10.1. The Morgan fingerprint density at radius 2 is 1.64 bits per heavy atom. The molecule has 0 saturated carbocycles. The van der Waals surface area contributed by atoms with Crippen LogP contribution >= 0.6 is 0 Å². The minimum absolute atomic E-state index is 0.343. The van der Waals surface area contributed by atoms with Crippen LogP contribution in [-0.2, 0) is 15.0 Å². The number of carbonyl (C=O) groups is 1. The summed E-state index contributed by atoms with van der Waals surface area (Å²) in [5.74, 6) is 0.825. The molecule has 0 saturated heterocycles. The van der Waals surface area contributed by atoms with Crippen molar-refractivity contribution in [2.24, 2.45) is 0 Å². The third-order valence-corrected chi connectivity index (χ3v) is 6.91. The van der Waals surface area contributed by atoms with Crippen molar-refractivity contribution in [2.45, 2.75) is 40.7 Å². The van der Waals surface area contributed by atoms with E-state index in [1.807, 2.05) is 65.0 Å². The standard InChI is InChI=1S/C24H35N3O5S/c1-8-31-22-13-12-20(15-23(22)32-9-2)19(5)25-24(28)16-27(33(29,30)26(6)7)21-14-17(3)10-11-18(21)4/h10-15,19H,8-9,16H2,1-7H3,(H,25,28)/t19-/m0/s1. The fourth-order valence-corrected chi connectivity index (χ4v) is 4.43. The van der Waals surface area contributed by atoms with Crippen molar-refractivity contribution < 1.29 is 22.7 Å². The number of ether oxygens (including phenoxy) is 2. The molecule has 182 valence electrons. The van der Waals surface area contributed by atoms with Crippen LogP contribution in [0.3, 0.4) is 0 Å². The van der Waals surface area contributed by atoms with E-state index in [1.165, 1.54) is 14.1 Å². The van der Waals surface area contributed by atoms with Gasteiger partial charge in [0.1, 0.15) is 6.54 Å². The minimum atomic E-state index is -3.88. The number of nitrogens with zero attached hydrogens (tertiary/aromatic N) is 2. The van der Waals surface area contributed by atoms with Crippen molar-refractivity contribution in [1.29, 1.82) is 0 Å². The maximum Gasteiger partial charge on any atom is 0.304 e. The van der Waals surface area contributed by atoms with Crippen molar-refractivity contribution >= 4 is 21.8 Å². The van der Waals surface area contributed by atoms with Crippen LogP contribution < -0.4 is 19.1 Å². The molecule has 0 heterocycles. The summed E-state index contributed by atoms with van der Waals surface area (Å²) in [6.07, 6.45) is 0. The normalized spacial score (nSPS) is 12.4. The molecule has 0 radical (unpaired) electrons. The first-order valence-corrected chi connectivity index (χ1v) is 12.4. The molecule has 0 aliphatic rings. The lowest BCUT2D eigenvalue weighted by Gasteiger charge is -2.29. The summed E-state index contributed by atoms with van der Waals surface area (Å²) in [5, 5.41) is 2.90. The zero-order valence-corrected chi connectivity index (χ0v) is 21.3. The molecule has 9 heteroatoms. The van der Waals surface area contributed by atoms with Crippen LogP contribution in [0.15, 0.2) is 36.4 Å². The van der Waals surface area contributed by atoms with Gasteiger partial charge in [-0.05, 0) is 69.5 Å². The topological polar surface area (TPSA) is 88.2 Å². The van der Waals surface area contributed by atoms with Crippen LogP contribution in [0.5, 0.6) is 11.5 Å². The Balaban J connectivity index is 2.28. The lowest BCUT2D eigenvalue weighted by Crippen LogP contribution is -2.46. The first-order valence-electron chi connectivity index (χ1n) is 11.0. The summed E-state index contributed by atoms with van der Waals surface area (Å²) in [4.78, 5) is 13.0.